The molecule has 1 aliphatic heterocycles. The van der Waals surface area contributed by atoms with E-state index in [-0.39, 0.29) is 17.5 Å². The third-order valence-corrected chi connectivity index (χ3v) is 6.47. The Morgan fingerprint density at radius 3 is 2.81 bits per heavy atom. The molecule has 6 heteroatoms. The molecular weight excluding hydrogens is 352 g/mol. The highest BCUT2D eigenvalue weighted by atomic mass is 79.9. The second-order valence-corrected chi connectivity index (χ2v) is 9.23. The van der Waals surface area contributed by atoms with E-state index in [9.17, 15) is 8.42 Å². The maximum atomic E-state index is 11.8. The van der Waals surface area contributed by atoms with E-state index in [1.807, 2.05) is 13.0 Å². The van der Waals surface area contributed by atoms with Crippen LogP contribution in [0.4, 0.5) is 5.69 Å². The lowest BCUT2D eigenvalue weighted by atomic mass is 10.1. The zero-order valence-corrected chi connectivity index (χ0v) is 14.6. The summed E-state index contributed by atoms with van der Waals surface area (Å²) in [5, 5.41) is 3.54. The monoisotopic (exact) mass is 372 g/mol. The Kier molecular flexibility index (Phi) is 4.30. The van der Waals surface area contributed by atoms with E-state index in [0.29, 0.717) is 12.6 Å². The molecule has 0 radical (unpaired) electrons. The van der Waals surface area contributed by atoms with E-state index in [2.05, 4.69) is 38.3 Å². The predicted molar refractivity (Wildman–Crippen MR) is 89.5 cm³/mol. The van der Waals surface area contributed by atoms with E-state index in [1.165, 1.54) is 18.4 Å². The van der Waals surface area contributed by atoms with Crippen LogP contribution in [-0.2, 0) is 16.4 Å². The van der Waals surface area contributed by atoms with Gasteiger partial charge >= 0.3 is 0 Å². The van der Waals surface area contributed by atoms with E-state index in [4.69, 9.17) is 0 Å². The van der Waals surface area contributed by atoms with Crippen LogP contribution < -0.4 is 10.2 Å². The second-order valence-electron chi connectivity index (χ2n) is 6.08. The number of nitrogens with one attached hydrogen (secondary N) is 1. The summed E-state index contributed by atoms with van der Waals surface area (Å²) >= 11 is 3.53. The third kappa shape index (κ3) is 3.79. The van der Waals surface area contributed by atoms with Crippen molar-refractivity contribution in [3.63, 3.8) is 0 Å². The molecule has 1 atom stereocenters. The fraction of sp³-hybridized carbons (Fsp3) is 0.600. The highest BCUT2D eigenvalue weighted by Gasteiger charge is 2.29. The lowest BCUT2D eigenvalue weighted by molar-refractivity contribution is 0.567. The van der Waals surface area contributed by atoms with Crippen molar-refractivity contribution in [2.75, 3.05) is 23.0 Å². The minimum absolute atomic E-state index is 0.0320. The zero-order chi connectivity index (χ0) is 15.0. The van der Waals surface area contributed by atoms with Gasteiger partial charge in [0.1, 0.15) is 0 Å². The van der Waals surface area contributed by atoms with Crippen molar-refractivity contribution in [1.82, 2.24) is 5.32 Å². The molecule has 2 fully saturated rings. The van der Waals surface area contributed by atoms with Crippen molar-refractivity contribution in [2.45, 2.75) is 38.4 Å². The summed E-state index contributed by atoms with van der Waals surface area (Å²) < 4.78 is 24.6. The largest absolute Gasteiger partial charge is 0.367 e. The SMILES string of the molecule is CC1CS(=O)(=O)CCN1c1ccc(Br)cc1CNC1CC1. The molecule has 1 unspecified atom stereocenters. The molecule has 3 rings (SSSR count). The van der Waals surface area contributed by atoms with E-state index >= 15 is 0 Å². The number of benzene rings is 1. The molecule has 1 heterocycles. The van der Waals surface area contributed by atoms with Crippen LogP contribution in [0.5, 0.6) is 0 Å². The number of hydrogen-bond donors (Lipinski definition) is 1. The first-order valence-electron chi connectivity index (χ1n) is 7.43. The minimum Gasteiger partial charge on any atom is -0.367 e. The summed E-state index contributed by atoms with van der Waals surface area (Å²) in [7, 11) is -2.88. The molecule has 116 valence electrons. The summed E-state index contributed by atoms with van der Waals surface area (Å²) in [6.45, 7) is 3.42. The van der Waals surface area contributed by atoms with Crippen molar-refractivity contribution in [3.05, 3.63) is 28.2 Å². The van der Waals surface area contributed by atoms with Gasteiger partial charge in [0.25, 0.3) is 0 Å². The molecule has 1 aliphatic carbocycles. The lowest BCUT2D eigenvalue weighted by Crippen LogP contribution is -2.47. The fourth-order valence-corrected chi connectivity index (χ4v) is 4.84. The van der Waals surface area contributed by atoms with Gasteiger partial charge in [0, 0.05) is 35.3 Å². The molecule has 0 spiro atoms. The molecule has 0 amide bonds. The van der Waals surface area contributed by atoms with E-state index < -0.39 is 9.84 Å². The summed E-state index contributed by atoms with van der Waals surface area (Å²) in [6.07, 6.45) is 2.53. The van der Waals surface area contributed by atoms with Gasteiger partial charge in [0.05, 0.1) is 11.5 Å². The molecule has 21 heavy (non-hydrogen) atoms. The van der Waals surface area contributed by atoms with Gasteiger partial charge in [-0.15, -0.1) is 0 Å². The van der Waals surface area contributed by atoms with Crippen molar-refractivity contribution < 1.29 is 8.42 Å². The first-order valence-corrected chi connectivity index (χ1v) is 10.0. The Hall–Kier alpha value is -0.590. The summed E-state index contributed by atoms with van der Waals surface area (Å²) in [4.78, 5) is 2.23. The van der Waals surface area contributed by atoms with Crippen LogP contribution in [0.25, 0.3) is 0 Å². The maximum Gasteiger partial charge on any atom is 0.154 e. The number of hydrogen-bond acceptors (Lipinski definition) is 4. The van der Waals surface area contributed by atoms with Gasteiger partial charge in [0.15, 0.2) is 9.84 Å². The minimum atomic E-state index is -2.88. The van der Waals surface area contributed by atoms with Crippen molar-refractivity contribution in [1.29, 1.82) is 0 Å². The highest BCUT2D eigenvalue weighted by Crippen LogP contribution is 2.29. The molecule has 1 N–H and O–H groups in total. The van der Waals surface area contributed by atoms with Crippen LogP contribution in [0.2, 0.25) is 0 Å². The van der Waals surface area contributed by atoms with Crippen LogP contribution in [0, 0.1) is 0 Å². The molecule has 2 aliphatic rings. The molecule has 1 saturated heterocycles. The number of anilines is 1. The molecule has 4 nitrogen and oxygen atoms in total. The average Bonchev–Trinajstić information content (AvgIpc) is 3.21. The lowest BCUT2D eigenvalue weighted by Gasteiger charge is -2.36. The fourth-order valence-electron chi connectivity index (χ4n) is 2.87. The van der Waals surface area contributed by atoms with Gasteiger partial charge in [0.2, 0.25) is 0 Å². The first-order chi connectivity index (χ1) is 9.94. The van der Waals surface area contributed by atoms with Crippen LogP contribution in [0.15, 0.2) is 22.7 Å². The number of rotatable bonds is 4. The average molecular weight is 373 g/mol. The summed E-state index contributed by atoms with van der Waals surface area (Å²) in [5.74, 6) is 0.501. The summed E-state index contributed by atoms with van der Waals surface area (Å²) in [5.41, 5.74) is 2.40. The molecule has 0 aromatic heterocycles. The van der Waals surface area contributed by atoms with Crippen molar-refractivity contribution in [2.24, 2.45) is 0 Å². The van der Waals surface area contributed by atoms with Crippen LogP contribution in [-0.4, -0.2) is 38.6 Å². The Morgan fingerprint density at radius 2 is 2.14 bits per heavy atom. The Morgan fingerprint density at radius 1 is 1.38 bits per heavy atom. The number of halogens is 1. The highest BCUT2D eigenvalue weighted by molar-refractivity contribution is 9.10. The van der Waals surface area contributed by atoms with Crippen LogP contribution in [0.3, 0.4) is 0 Å². The smallest absolute Gasteiger partial charge is 0.154 e. The van der Waals surface area contributed by atoms with E-state index in [0.717, 1.165) is 16.7 Å². The van der Waals surface area contributed by atoms with Gasteiger partial charge in [-0.25, -0.2) is 8.42 Å². The zero-order valence-electron chi connectivity index (χ0n) is 12.2. The molecule has 1 aromatic rings. The van der Waals surface area contributed by atoms with Crippen LogP contribution >= 0.6 is 15.9 Å². The standard InChI is InChI=1S/C15H21BrN2O2S/c1-11-10-21(19,20)7-6-18(11)15-5-2-13(16)8-12(15)9-17-14-3-4-14/h2,5,8,11,14,17H,3-4,6-7,9-10H2,1H3. The molecular formula is C15H21BrN2O2S. The second kappa shape index (κ2) is 5.89. The Balaban J connectivity index is 1.82. The Bertz CT molecular complexity index is 629. The van der Waals surface area contributed by atoms with Crippen LogP contribution in [0.1, 0.15) is 25.3 Å². The van der Waals surface area contributed by atoms with Crippen molar-refractivity contribution >= 4 is 31.5 Å². The van der Waals surface area contributed by atoms with E-state index in [1.54, 1.807) is 0 Å². The van der Waals surface area contributed by atoms with Gasteiger partial charge in [-0.05, 0) is 43.5 Å². The number of sulfone groups is 1. The Labute approximate surface area is 135 Å². The quantitative estimate of drug-likeness (QED) is 0.880. The number of nitrogens with zero attached hydrogens (tertiary/aromatic N) is 1. The van der Waals surface area contributed by atoms with Gasteiger partial charge in [-0.1, -0.05) is 15.9 Å². The van der Waals surface area contributed by atoms with Gasteiger partial charge < -0.3 is 10.2 Å². The van der Waals surface area contributed by atoms with Gasteiger partial charge in [-0.3, -0.25) is 0 Å². The predicted octanol–water partition coefficient (Wildman–Crippen LogP) is 2.32. The third-order valence-electron chi connectivity index (χ3n) is 4.18. The maximum absolute atomic E-state index is 11.8. The topological polar surface area (TPSA) is 49.4 Å². The summed E-state index contributed by atoms with van der Waals surface area (Å²) in [6, 6.07) is 6.97. The van der Waals surface area contributed by atoms with Gasteiger partial charge in [-0.2, -0.15) is 0 Å². The normalized spacial score (nSPS) is 25.0. The first kappa shape index (κ1) is 15.3. The molecule has 0 bridgehead atoms. The molecule has 1 aromatic carbocycles. The molecule has 1 saturated carbocycles. The van der Waals surface area contributed by atoms with Crippen molar-refractivity contribution in [3.8, 4) is 0 Å².